The Morgan fingerprint density at radius 1 is 0.640 bits per heavy atom. The van der Waals surface area contributed by atoms with Gasteiger partial charge in [-0.25, -0.2) is 0 Å². The fourth-order valence-electron chi connectivity index (χ4n) is 3.25. The van der Waals surface area contributed by atoms with Gasteiger partial charge in [-0.15, -0.1) is 0 Å². The summed E-state index contributed by atoms with van der Waals surface area (Å²) in [5, 5.41) is -0.358. The second-order valence-corrected chi connectivity index (χ2v) is 8.05. The Hall–Kier alpha value is -0.0800. The summed E-state index contributed by atoms with van der Waals surface area (Å²) < 4.78 is 0. The van der Waals surface area contributed by atoms with Crippen LogP contribution in [-0.4, -0.2) is 10.5 Å². The molecule has 0 N–H and O–H groups in total. The molecule has 0 saturated carbocycles. The van der Waals surface area contributed by atoms with Crippen LogP contribution in [0.1, 0.15) is 116 Å². The molecular formula is C21H38Cl2O2. The molecule has 25 heavy (non-hydrogen) atoms. The third-order valence-electron chi connectivity index (χ3n) is 4.99. The van der Waals surface area contributed by atoms with Crippen LogP contribution in [0, 0.1) is 5.92 Å². The fourth-order valence-corrected chi connectivity index (χ4v) is 3.65. The summed E-state index contributed by atoms with van der Waals surface area (Å²) in [7, 11) is 0. The van der Waals surface area contributed by atoms with Crippen molar-refractivity contribution in [1.82, 2.24) is 0 Å². The lowest BCUT2D eigenvalue weighted by Crippen LogP contribution is -2.06. The second kappa shape index (κ2) is 18.7. The van der Waals surface area contributed by atoms with Crippen LogP contribution in [0.25, 0.3) is 0 Å². The maximum Gasteiger partial charge on any atom is 0.224 e. The van der Waals surface area contributed by atoms with Crippen molar-refractivity contribution < 1.29 is 9.59 Å². The van der Waals surface area contributed by atoms with E-state index in [-0.39, 0.29) is 16.4 Å². The summed E-state index contributed by atoms with van der Waals surface area (Å²) in [4.78, 5) is 21.7. The van der Waals surface area contributed by atoms with Gasteiger partial charge in [0, 0.05) is 12.3 Å². The molecule has 0 spiro atoms. The van der Waals surface area contributed by atoms with E-state index < -0.39 is 0 Å². The number of hydrogen-bond acceptors (Lipinski definition) is 2. The van der Waals surface area contributed by atoms with Crippen LogP contribution >= 0.6 is 23.2 Å². The van der Waals surface area contributed by atoms with Crippen LogP contribution in [0.5, 0.6) is 0 Å². The van der Waals surface area contributed by atoms with Crippen molar-refractivity contribution in [1.29, 1.82) is 0 Å². The quantitative estimate of drug-likeness (QED) is 0.166. The Bertz CT molecular complexity index is 332. The zero-order valence-electron chi connectivity index (χ0n) is 16.2. The molecule has 0 aromatic rings. The first-order chi connectivity index (χ1) is 12.1. The highest BCUT2D eigenvalue weighted by atomic mass is 35.5. The summed E-state index contributed by atoms with van der Waals surface area (Å²) in [6, 6.07) is 0. The predicted molar refractivity (Wildman–Crippen MR) is 109 cm³/mol. The van der Waals surface area contributed by atoms with E-state index in [0.717, 1.165) is 32.1 Å². The predicted octanol–water partition coefficient (Wildman–Crippen LogP) is 7.79. The Kier molecular flexibility index (Phi) is 18.6. The van der Waals surface area contributed by atoms with E-state index >= 15 is 0 Å². The maximum absolute atomic E-state index is 11.1. The van der Waals surface area contributed by atoms with E-state index in [0.29, 0.717) is 6.42 Å². The number of carbonyl (C=O) groups excluding carboxylic acids is 2. The van der Waals surface area contributed by atoms with Crippen molar-refractivity contribution in [3.8, 4) is 0 Å². The van der Waals surface area contributed by atoms with Gasteiger partial charge in [-0.2, -0.15) is 0 Å². The average molecular weight is 393 g/mol. The topological polar surface area (TPSA) is 34.1 Å². The summed E-state index contributed by atoms with van der Waals surface area (Å²) in [5.74, 6) is 0.0736. The van der Waals surface area contributed by atoms with Gasteiger partial charge in [0.2, 0.25) is 10.5 Å². The molecule has 0 amide bonds. The minimum absolute atomic E-state index is 0.0736. The number of halogens is 2. The van der Waals surface area contributed by atoms with Gasteiger partial charge >= 0.3 is 0 Å². The fraction of sp³-hybridized carbons (Fsp3) is 0.905. The SMILES string of the molecule is CCC(CCCCCCCCCCCCCCCCC(=O)Cl)C(=O)Cl. The van der Waals surface area contributed by atoms with E-state index in [9.17, 15) is 9.59 Å². The van der Waals surface area contributed by atoms with E-state index in [1.807, 2.05) is 6.92 Å². The molecule has 0 aliphatic heterocycles. The van der Waals surface area contributed by atoms with E-state index in [2.05, 4.69) is 0 Å². The molecule has 0 radical (unpaired) electrons. The van der Waals surface area contributed by atoms with Crippen molar-refractivity contribution in [2.24, 2.45) is 5.92 Å². The monoisotopic (exact) mass is 392 g/mol. The smallest absolute Gasteiger partial charge is 0.224 e. The van der Waals surface area contributed by atoms with Gasteiger partial charge < -0.3 is 0 Å². The van der Waals surface area contributed by atoms with Crippen molar-refractivity contribution in [2.45, 2.75) is 116 Å². The van der Waals surface area contributed by atoms with E-state index in [1.165, 1.54) is 70.6 Å². The number of unbranched alkanes of at least 4 members (excludes halogenated alkanes) is 13. The zero-order chi connectivity index (χ0) is 18.8. The summed E-state index contributed by atoms with van der Waals surface area (Å²) >= 11 is 10.9. The molecule has 1 atom stereocenters. The van der Waals surface area contributed by atoms with Crippen LogP contribution in [0.15, 0.2) is 0 Å². The lowest BCUT2D eigenvalue weighted by molar-refractivity contribution is -0.115. The van der Waals surface area contributed by atoms with Gasteiger partial charge in [0.25, 0.3) is 0 Å². The highest BCUT2D eigenvalue weighted by Crippen LogP contribution is 2.18. The molecule has 148 valence electrons. The van der Waals surface area contributed by atoms with E-state index in [4.69, 9.17) is 23.2 Å². The lowest BCUT2D eigenvalue weighted by Gasteiger charge is -2.09. The zero-order valence-corrected chi connectivity index (χ0v) is 17.7. The van der Waals surface area contributed by atoms with Crippen LogP contribution in [0.3, 0.4) is 0 Å². The first-order valence-electron chi connectivity index (χ1n) is 10.5. The summed E-state index contributed by atoms with van der Waals surface area (Å²) in [6.07, 6.45) is 20.0. The molecule has 0 aliphatic carbocycles. The standard InChI is InChI=1S/C21H38Cl2O2/c1-2-19(21(23)25)17-15-13-11-9-7-5-3-4-6-8-10-12-14-16-18-20(22)24/h19H,2-18H2,1H3. The lowest BCUT2D eigenvalue weighted by atomic mass is 9.99. The third-order valence-corrected chi connectivity index (χ3v) is 5.49. The van der Waals surface area contributed by atoms with Gasteiger partial charge in [0.05, 0.1) is 0 Å². The van der Waals surface area contributed by atoms with Gasteiger partial charge in [-0.1, -0.05) is 90.4 Å². The van der Waals surface area contributed by atoms with Crippen LogP contribution in [-0.2, 0) is 9.59 Å². The van der Waals surface area contributed by atoms with Crippen molar-refractivity contribution >= 4 is 33.7 Å². The Morgan fingerprint density at radius 2 is 1.00 bits per heavy atom. The molecule has 0 rings (SSSR count). The molecular weight excluding hydrogens is 355 g/mol. The van der Waals surface area contributed by atoms with Crippen molar-refractivity contribution in [3.05, 3.63) is 0 Å². The second-order valence-electron chi connectivity index (χ2n) is 7.25. The average Bonchev–Trinajstić information content (AvgIpc) is 2.57. The van der Waals surface area contributed by atoms with Crippen LogP contribution in [0.2, 0.25) is 0 Å². The highest BCUT2D eigenvalue weighted by molar-refractivity contribution is 6.64. The molecule has 0 fully saturated rings. The Balaban J connectivity index is 3.14. The van der Waals surface area contributed by atoms with Crippen LogP contribution in [0.4, 0.5) is 0 Å². The summed E-state index contributed by atoms with van der Waals surface area (Å²) in [5.41, 5.74) is 0. The first kappa shape index (κ1) is 24.9. The number of carbonyl (C=O) groups is 2. The Labute approximate surface area is 165 Å². The first-order valence-corrected chi connectivity index (χ1v) is 11.2. The van der Waals surface area contributed by atoms with Gasteiger partial charge in [0.15, 0.2) is 0 Å². The van der Waals surface area contributed by atoms with Crippen LogP contribution < -0.4 is 0 Å². The Morgan fingerprint density at radius 3 is 1.32 bits per heavy atom. The molecule has 0 aromatic carbocycles. The highest BCUT2D eigenvalue weighted by Gasteiger charge is 2.12. The van der Waals surface area contributed by atoms with Gasteiger partial charge in [0.1, 0.15) is 0 Å². The summed E-state index contributed by atoms with van der Waals surface area (Å²) in [6.45, 7) is 2.04. The minimum atomic E-state index is -0.199. The molecule has 0 bridgehead atoms. The normalized spacial score (nSPS) is 12.3. The molecule has 0 aliphatic rings. The molecule has 0 aromatic heterocycles. The largest absolute Gasteiger partial charge is 0.281 e. The maximum atomic E-state index is 11.1. The number of hydrogen-bond donors (Lipinski definition) is 0. The third kappa shape index (κ3) is 18.5. The van der Waals surface area contributed by atoms with Gasteiger partial charge in [-0.3, -0.25) is 9.59 Å². The van der Waals surface area contributed by atoms with E-state index in [1.54, 1.807) is 0 Å². The molecule has 4 heteroatoms. The molecule has 0 saturated heterocycles. The molecule has 0 heterocycles. The minimum Gasteiger partial charge on any atom is -0.281 e. The number of rotatable bonds is 19. The molecule has 1 unspecified atom stereocenters. The van der Waals surface area contributed by atoms with Crippen molar-refractivity contribution in [3.63, 3.8) is 0 Å². The molecule has 2 nitrogen and oxygen atoms in total. The van der Waals surface area contributed by atoms with Crippen molar-refractivity contribution in [2.75, 3.05) is 0 Å². The van der Waals surface area contributed by atoms with Gasteiger partial charge in [-0.05, 0) is 42.5 Å².